The predicted octanol–water partition coefficient (Wildman–Crippen LogP) is 4.23. The molecule has 1 fully saturated rings. The maximum absolute atomic E-state index is 9.44. The molecule has 0 radical (unpaired) electrons. The Bertz CT molecular complexity index is 1160. The number of pyridine rings is 1. The smallest absolute Gasteiger partial charge is 0.226 e. The molecule has 3 heterocycles. The number of nitrogens with zero attached hydrogens (tertiary/aromatic N) is 4. The molecule has 0 bridgehead atoms. The minimum absolute atomic E-state index is 0.237. The van der Waals surface area contributed by atoms with Crippen molar-refractivity contribution in [1.82, 2.24) is 14.9 Å². The number of aromatic hydroxyl groups is 1. The maximum atomic E-state index is 9.44. The molecule has 1 saturated heterocycles. The fourth-order valence-electron chi connectivity index (χ4n) is 4.04. The van der Waals surface area contributed by atoms with E-state index in [2.05, 4.69) is 51.0 Å². The second kappa shape index (κ2) is 7.80. The molecule has 1 aliphatic rings. The maximum Gasteiger partial charge on any atom is 0.226 e. The highest BCUT2D eigenvalue weighted by Crippen LogP contribution is 2.28. The summed E-state index contributed by atoms with van der Waals surface area (Å²) in [5.74, 6) is 0.822. The number of phenols is 1. The van der Waals surface area contributed by atoms with Crippen molar-refractivity contribution in [2.45, 2.75) is 13.5 Å². The van der Waals surface area contributed by atoms with Crippen LogP contribution in [0.2, 0.25) is 0 Å². The number of anilines is 1. The molecule has 152 valence electrons. The third-order valence-corrected chi connectivity index (χ3v) is 5.59. The van der Waals surface area contributed by atoms with Crippen LogP contribution in [0.15, 0.2) is 65.3 Å². The number of benzene rings is 2. The van der Waals surface area contributed by atoms with E-state index >= 15 is 0 Å². The molecular formula is C24H24N4O2. The number of aryl methyl sites for hydroxylation is 1. The number of para-hydroxylation sites is 1. The van der Waals surface area contributed by atoms with Crippen LogP contribution in [-0.4, -0.2) is 46.2 Å². The molecule has 1 N–H and O–H groups in total. The lowest BCUT2D eigenvalue weighted by Crippen LogP contribution is -2.46. The molecular weight excluding hydrogens is 376 g/mol. The largest absolute Gasteiger partial charge is 0.508 e. The molecule has 6 nitrogen and oxygen atoms in total. The summed E-state index contributed by atoms with van der Waals surface area (Å²) in [4.78, 5) is 14.2. The van der Waals surface area contributed by atoms with Crippen LogP contribution in [-0.2, 0) is 6.54 Å². The van der Waals surface area contributed by atoms with E-state index in [0.717, 1.165) is 55.2 Å². The number of oxazole rings is 1. The zero-order chi connectivity index (χ0) is 20.5. The average molecular weight is 400 g/mol. The van der Waals surface area contributed by atoms with E-state index in [1.54, 1.807) is 18.4 Å². The van der Waals surface area contributed by atoms with Gasteiger partial charge in [-0.05, 0) is 43.3 Å². The molecule has 0 atom stereocenters. The number of rotatable bonds is 4. The molecule has 5 rings (SSSR count). The highest BCUT2D eigenvalue weighted by Gasteiger charge is 2.20. The van der Waals surface area contributed by atoms with Gasteiger partial charge < -0.3 is 14.4 Å². The molecule has 0 aliphatic carbocycles. The van der Waals surface area contributed by atoms with Crippen molar-refractivity contribution < 1.29 is 9.52 Å². The Balaban J connectivity index is 1.26. The standard InChI is InChI=1S/C24H24N4O2/c1-17-14-23(21-4-2-3-5-22(21)25-17)28-12-10-27(11-13-28)15-19-16-30-24(26-19)18-6-8-20(29)9-7-18/h2-9,14,16,29H,10-13,15H2,1H3. The summed E-state index contributed by atoms with van der Waals surface area (Å²) < 4.78 is 5.65. The Morgan fingerprint density at radius 3 is 2.53 bits per heavy atom. The lowest BCUT2D eigenvalue weighted by atomic mass is 10.1. The Hall–Kier alpha value is -3.38. The van der Waals surface area contributed by atoms with Crippen molar-refractivity contribution in [2.75, 3.05) is 31.1 Å². The van der Waals surface area contributed by atoms with Crippen molar-refractivity contribution in [3.8, 4) is 17.2 Å². The number of phenolic OH excluding ortho intramolecular Hbond substituents is 1. The lowest BCUT2D eigenvalue weighted by Gasteiger charge is -2.36. The van der Waals surface area contributed by atoms with Crippen molar-refractivity contribution in [3.05, 3.63) is 72.2 Å². The van der Waals surface area contributed by atoms with Crippen LogP contribution in [0.25, 0.3) is 22.4 Å². The van der Waals surface area contributed by atoms with Gasteiger partial charge in [0, 0.05) is 55.1 Å². The first-order chi connectivity index (χ1) is 14.7. The minimum Gasteiger partial charge on any atom is -0.508 e. The molecule has 1 aliphatic heterocycles. The van der Waals surface area contributed by atoms with Crippen LogP contribution in [0.4, 0.5) is 5.69 Å². The lowest BCUT2D eigenvalue weighted by molar-refractivity contribution is 0.247. The quantitative estimate of drug-likeness (QED) is 0.553. The van der Waals surface area contributed by atoms with Crippen LogP contribution >= 0.6 is 0 Å². The van der Waals surface area contributed by atoms with Crippen molar-refractivity contribution in [3.63, 3.8) is 0 Å². The summed E-state index contributed by atoms with van der Waals surface area (Å²) in [5.41, 5.74) is 5.17. The third-order valence-electron chi connectivity index (χ3n) is 5.59. The topological polar surface area (TPSA) is 65.6 Å². The molecule has 30 heavy (non-hydrogen) atoms. The van der Waals surface area contributed by atoms with E-state index in [9.17, 15) is 5.11 Å². The van der Waals surface area contributed by atoms with Crippen LogP contribution in [0.5, 0.6) is 5.75 Å². The van der Waals surface area contributed by atoms with Crippen LogP contribution in [0, 0.1) is 6.92 Å². The first kappa shape index (κ1) is 18.6. The predicted molar refractivity (Wildman–Crippen MR) is 118 cm³/mol. The van der Waals surface area contributed by atoms with Gasteiger partial charge in [0.2, 0.25) is 5.89 Å². The molecule has 2 aromatic heterocycles. The van der Waals surface area contributed by atoms with Gasteiger partial charge in [0.1, 0.15) is 12.0 Å². The number of fused-ring (bicyclic) bond motifs is 1. The molecule has 2 aromatic carbocycles. The minimum atomic E-state index is 0.237. The summed E-state index contributed by atoms with van der Waals surface area (Å²) in [6.45, 7) is 6.70. The van der Waals surface area contributed by atoms with Crippen LogP contribution in [0.3, 0.4) is 0 Å². The zero-order valence-electron chi connectivity index (χ0n) is 17.0. The van der Waals surface area contributed by atoms with Gasteiger partial charge in [-0.1, -0.05) is 18.2 Å². The third kappa shape index (κ3) is 3.74. The normalized spacial score (nSPS) is 15.0. The van der Waals surface area contributed by atoms with Gasteiger partial charge in [0.25, 0.3) is 0 Å². The highest BCUT2D eigenvalue weighted by atomic mass is 16.3. The van der Waals surface area contributed by atoms with Crippen LogP contribution in [0.1, 0.15) is 11.4 Å². The van der Waals surface area contributed by atoms with Gasteiger partial charge in [-0.2, -0.15) is 0 Å². The van der Waals surface area contributed by atoms with E-state index in [-0.39, 0.29) is 5.75 Å². The first-order valence-corrected chi connectivity index (χ1v) is 10.2. The van der Waals surface area contributed by atoms with Gasteiger partial charge >= 0.3 is 0 Å². The second-order valence-corrected chi connectivity index (χ2v) is 7.75. The van der Waals surface area contributed by atoms with E-state index in [4.69, 9.17) is 4.42 Å². The molecule has 6 heteroatoms. The average Bonchev–Trinajstić information content (AvgIpc) is 3.22. The number of hydrogen-bond acceptors (Lipinski definition) is 6. The summed E-state index contributed by atoms with van der Waals surface area (Å²) in [6.07, 6.45) is 1.73. The zero-order valence-corrected chi connectivity index (χ0v) is 17.0. The van der Waals surface area contributed by atoms with Crippen LogP contribution < -0.4 is 4.90 Å². The van der Waals surface area contributed by atoms with E-state index in [1.165, 1.54) is 11.1 Å². The first-order valence-electron chi connectivity index (χ1n) is 10.2. The second-order valence-electron chi connectivity index (χ2n) is 7.75. The van der Waals surface area contributed by atoms with Gasteiger partial charge in [-0.15, -0.1) is 0 Å². The van der Waals surface area contributed by atoms with Crippen molar-refractivity contribution >= 4 is 16.6 Å². The van der Waals surface area contributed by atoms with Gasteiger partial charge in [-0.25, -0.2) is 4.98 Å². The summed E-state index contributed by atoms with van der Waals surface area (Å²) >= 11 is 0. The number of piperazine rings is 1. The fraction of sp³-hybridized carbons (Fsp3) is 0.250. The molecule has 0 saturated carbocycles. The van der Waals surface area contributed by atoms with E-state index < -0.39 is 0 Å². The van der Waals surface area contributed by atoms with E-state index in [1.807, 2.05) is 18.2 Å². The van der Waals surface area contributed by atoms with Gasteiger partial charge in [0.05, 0.1) is 11.2 Å². The Morgan fingerprint density at radius 2 is 1.73 bits per heavy atom. The molecule has 0 spiro atoms. The Labute approximate surface area is 175 Å². The molecule has 0 amide bonds. The Kier molecular flexibility index (Phi) is 4.85. The van der Waals surface area contributed by atoms with Crippen molar-refractivity contribution in [2.24, 2.45) is 0 Å². The number of hydrogen-bond donors (Lipinski definition) is 1. The highest BCUT2D eigenvalue weighted by molar-refractivity contribution is 5.92. The summed E-state index contributed by atoms with van der Waals surface area (Å²) in [6, 6.07) is 17.5. The monoisotopic (exact) mass is 400 g/mol. The number of aromatic nitrogens is 2. The molecule has 4 aromatic rings. The van der Waals surface area contributed by atoms with E-state index in [0.29, 0.717) is 5.89 Å². The SMILES string of the molecule is Cc1cc(N2CCN(Cc3coc(-c4ccc(O)cc4)n3)CC2)c2ccccc2n1. The van der Waals surface area contributed by atoms with Gasteiger partial charge in [0.15, 0.2) is 0 Å². The molecule has 0 unspecified atom stereocenters. The Morgan fingerprint density at radius 1 is 0.967 bits per heavy atom. The summed E-state index contributed by atoms with van der Waals surface area (Å²) in [7, 11) is 0. The van der Waals surface area contributed by atoms with Gasteiger partial charge in [-0.3, -0.25) is 9.88 Å². The van der Waals surface area contributed by atoms with Crippen molar-refractivity contribution in [1.29, 1.82) is 0 Å². The summed E-state index contributed by atoms with van der Waals surface area (Å²) in [5, 5.41) is 10.7. The fourth-order valence-corrected chi connectivity index (χ4v) is 4.04.